The lowest BCUT2D eigenvalue weighted by Crippen LogP contribution is -2.42. The van der Waals surface area contributed by atoms with E-state index in [-0.39, 0.29) is 0 Å². The highest BCUT2D eigenvalue weighted by atomic mass is 32.1. The number of carboxylic acid groups (broad SMARTS) is 3. The third kappa shape index (κ3) is 10.7. The van der Waals surface area contributed by atoms with Crippen molar-refractivity contribution in [1.29, 1.82) is 0 Å². The van der Waals surface area contributed by atoms with Crippen LogP contribution in [-0.4, -0.2) is 93.1 Å². The summed E-state index contributed by atoms with van der Waals surface area (Å²) in [6.45, 7) is 10.7. The van der Waals surface area contributed by atoms with Gasteiger partial charge in [0.25, 0.3) is 0 Å². The van der Waals surface area contributed by atoms with Crippen molar-refractivity contribution in [3.63, 3.8) is 0 Å². The number of carbonyl (C=O) groups is 3. The fraction of sp³-hybridized carbons (Fsp3) is 0.542. The van der Waals surface area contributed by atoms with Crippen molar-refractivity contribution in [2.45, 2.75) is 44.9 Å². The number of hydrogen-bond acceptors (Lipinski definition) is 9. The number of rotatable bonds is 13. The van der Waals surface area contributed by atoms with Gasteiger partial charge in [-0.1, -0.05) is 6.07 Å². The van der Waals surface area contributed by atoms with E-state index in [2.05, 4.69) is 45.7 Å². The van der Waals surface area contributed by atoms with Crippen molar-refractivity contribution < 1.29 is 39.5 Å². The van der Waals surface area contributed by atoms with Gasteiger partial charge >= 0.3 is 17.9 Å². The predicted octanol–water partition coefficient (Wildman–Crippen LogP) is 2.59. The number of aryl methyl sites for hydroxylation is 1. The normalized spacial score (nSPS) is 14.3. The van der Waals surface area contributed by atoms with E-state index in [4.69, 9.17) is 25.2 Å². The number of morpholine rings is 1. The summed E-state index contributed by atoms with van der Waals surface area (Å²) in [7, 11) is 0. The standard InChI is InChI=1S/C18H26N2OS2.C6H8O7/c1-16-5-13-23-18(16)15-20(14-17-4-2-12-22-17)7-3-6-19-8-10-21-11-9-19;7-3(8)1-6(13,5(11)12)2-4(9)10/h2,4-5,12-13H,3,6-11,14-15H2,1H3;13H,1-2H2,(H,7,8)(H,9,10)(H,11,12). The number of aliphatic hydroxyl groups is 1. The number of hydrogen-bond donors (Lipinski definition) is 4. The maximum absolute atomic E-state index is 10.3. The van der Waals surface area contributed by atoms with Crippen LogP contribution in [0.2, 0.25) is 0 Å². The zero-order valence-corrected chi connectivity index (χ0v) is 21.9. The van der Waals surface area contributed by atoms with Gasteiger partial charge < -0.3 is 25.2 Å². The molecule has 2 aromatic rings. The lowest BCUT2D eigenvalue weighted by Gasteiger charge is -2.28. The van der Waals surface area contributed by atoms with Gasteiger partial charge in [0.05, 0.1) is 26.1 Å². The molecule has 1 fully saturated rings. The van der Waals surface area contributed by atoms with Gasteiger partial charge in [0.1, 0.15) is 0 Å². The summed E-state index contributed by atoms with van der Waals surface area (Å²) < 4.78 is 5.43. The molecule has 0 saturated carbocycles. The Morgan fingerprint density at radius 1 is 1.03 bits per heavy atom. The Morgan fingerprint density at radius 3 is 2.19 bits per heavy atom. The Kier molecular flexibility index (Phi) is 12.5. The lowest BCUT2D eigenvalue weighted by atomic mass is 9.96. The Bertz CT molecular complexity index is 941. The molecule has 10 nitrogen and oxygen atoms in total. The third-order valence-corrected chi connectivity index (χ3v) is 7.50. The fourth-order valence-electron chi connectivity index (χ4n) is 3.66. The largest absolute Gasteiger partial charge is 0.481 e. The van der Waals surface area contributed by atoms with E-state index in [1.807, 2.05) is 22.7 Å². The van der Waals surface area contributed by atoms with Crippen LogP contribution in [0, 0.1) is 6.92 Å². The molecule has 0 aromatic carbocycles. The minimum absolute atomic E-state index is 0.896. The van der Waals surface area contributed by atoms with E-state index in [0.29, 0.717) is 0 Å². The van der Waals surface area contributed by atoms with Gasteiger partial charge in [-0.2, -0.15) is 0 Å². The van der Waals surface area contributed by atoms with E-state index in [1.165, 1.54) is 28.3 Å². The van der Waals surface area contributed by atoms with Crippen LogP contribution in [0.5, 0.6) is 0 Å². The molecule has 4 N–H and O–H groups in total. The van der Waals surface area contributed by atoms with Crippen LogP contribution in [0.15, 0.2) is 29.0 Å². The molecule has 12 heteroatoms. The van der Waals surface area contributed by atoms with E-state index in [1.54, 1.807) is 0 Å². The lowest BCUT2D eigenvalue weighted by molar-refractivity contribution is -0.170. The predicted molar refractivity (Wildman–Crippen MR) is 136 cm³/mol. The number of ether oxygens (including phenoxy) is 1. The van der Waals surface area contributed by atoms with Crippen LogP contribution in [0.25, 0.3) is 0 Å². The summed E-state index contributed by atoms with van der Waals surface area (Å²) in [5, 5.41) is 38.2. The van der Waals surface area contributed by atoms with Gasteiger partial charge in [0.15, 0.2) is 5.60 Å². The summed E-state index contributed by atoms with van der Waals surface area (Å²) in [5.74, 6) is -5.02. The van der Waals surface area contributed by atoms with Crippen molar-refractivity contribution in [1.82, 2.24) is 9.80 Å². The SMILES string of the molecule is Cc1ccsc1CN(CCCN1CCOCC1)Cc1cccs1.O=C(O)CC(O)(CC(=O)O)C(=O)O. The molecule has 0 aliphatic carbocycles. The molecule has 3 rings (SSSR count). The highest BCUT2D eigenvalue weighted by Gasteiger charge is 2.40. The van der Waals surface area contributed by atoms with Crippen LogP contribution in [0.1, 0.15) is 34.6 Å². The molecule has 0 atom stereocenters. The van der Waals surface area contributed by atoms with Crippen molar-refractivity contribution in [3.8, 4) is 0 Å². The Hall–Kier alpha value is -2.35. The Morgan fingerprint density at radius 2 is 1.69 bits per heavy atom. The summed E-state index contributed by atoms with van der Waals surface area (Å²) in [5.41, 5.74) is -1.31. The van der Waals surface area contributed by atoms with Crippen LogP contribution in [0.3, 0.4) is 0 Å². The average molecular weight is 543 g/mol. The maximum atomic E-state index is 10.3. The van der Waals surface area contributed by atoms with Gasteiger partial charge in [0, 0.05) is 42.5 Å². The molecule has 0 bridgehead atoms. The van der Waals surface area contributed by atoms with Crippen molar-refractivity contribution in [2.75, 3.05) is 39.4 Å². The van der Waals surface area contributed by atoms with E-state index < -0.39 is 36.4 Å². The topological polar surface area (TPSA) is 148 Å². The Labute approximate surface area is 218 Å². The second-order valence-electron chi connectivity index (χ2n) is 8.60. The van der Waals surface area contributed by atoms with Gasteiger partial charge in [-0.3, -0.25) is 19.4 Å². The van der Waals surface area contributed by atoms with E-state index in [9.17, 15) is 14.4 Å². The van der Waals surface area contributed by atoms with Gasteiger partial charge in [0.2, 0.25) is 0 Å². The van der Waals surface area contributed by atoms with Gasteiger partial charge in [-0.05, 0) is 48.3 Å². The zero-order chi connectivity index (χ0) is 26.6. The monoisotopic (exact) mass is 542 g/mol. The van der Waals surface area contributed by atoms with Crippen molar-refractivity contribution in [2.24, 2.45) is 0 Å². The molecule has 3 heterocycles. The first kappa shape index (κ1) is 29.9. The molecule has 0 amide bonds. The molecule has 1 saturated heterocycles. The molecule has 200 valence electrons. The maximum Gasteiger partial charge on any atom is 0.336 e. The first-order valence-corrected chi connectivity index (χ1v) is 13.3. The van der Waals surface area contributed by atoms with Gasteiger partial charge in [-0.15, -0.1) is 22.7 Å². The number of aliphatic carboxylic acids is 3. The van der Waals surface area contributed by atoms with Gasteiger partial charge in [-0.25, -0.2) is 4.79 Å². The minimum Gasteiger partial charge on any atom is -0.481 e. The smallest absolute Gasteiger partial charge is 0.336 e. The third-order valence-electron chi connectivity index (χ3n) is 5.63. The summed E-state index contributed by atoms with van der Waals surface area (Å²) >= 11 is 3.75. The number of thiophene rings is 2. The molecule has 2 aromatic heterocycles. The second kappa shape index (κ2) is 15.0. The number of carboxylic acids is 3. The zero-order valence-electron chi connectivity index (χ0n) is 20.3. The van der Waals surface area contributed by atoms with E-state index in [0.717, 1.165) is 45.9 Å². The molecular weight excluding hydrogens is 508 g/mol. The molecule has 0 spiro atoms. The van der Waals surface area contributed by atoms with Crippen LogP contribution in [-0.2, 0) is 32.2 Å². The minimum atomic E-state index is -2.74. The molecule has 0 radical (unpaired) electrons. The quantitative estimate of drug-likeness (QED) is 0.298. The summed E-state index contributed by atoms with van der Waals surface area (Å²) in [4.78, 5) is 38.6. The molecule has 36 heavy (non-hydrogen) atoms. The Balaban J connectivity index is 0.000000302. The average Bonchev–Trinajstić information content (AvgIpc) is 3.45. The second-order valence-corrected chi connectivity index (χ2v) is 10.6. The van der Waals surface area contributed by atoms with E-state index >= 15 is 0 Å². The molecule has 1 aliphatic rings. The summed E-state index contributed by atoms with van der Waals surface area (Å²) in [6.07, 6.45) is -1.06. The van der Waals surface area contributed by atoms with Crippen molar-refractivity contribution >= 4 is 40.6 Å². The fourth-order valence-corrected chi connectivity index (χ4v) is 5.36. The van der Waals surface area contributed by atoms with Crippen LogP contribution < -0.4 is 0 Å². The first-order valence-electron chi connectivity index (χ1n) is 11.6. The molecule has 0 unspecified atom stereocenters. The van der Waals surface area contributed by atoms with Crippen LogP contribution >= 0.6 is 22.7 Å². The first-order chi connectivity index (χ1) is 17.1. The highest BCUT2D eigenvalue weighted by Crippen LogP contribution is 2.21. The molecular formula is C24H34N2O8S2. The number of nitrogens with zero attached hydrogens (tertiary/aromatic N) is 2. The highest BCUT2D eigenvalue weighted by molar-refractivity contribution is 7.10. The van der Waals surface area contributed by atoms with Crippen LogP contribution in [0.4, 0.5) is 0 Å². The molecule has 1 aliphatic heterocycles. The summed E-state index contributed by atoms with van der Waals surface area (Å²) in [6, 6.07) is 6.64. The van der Waals surface area contributed by atoms with Crippen molar-refractivity contribution in [3.05, 3.63) is 44.3 Å².